The molecule has 152 valence electrons. The zero-order valence-corrected chi connectivity index (χ0v) is 17.5. The Bertz CT molecular complexity index is 930. The fraction of sp³-hybridized carbons (Fsp3) is 0.250. The smallest absolute Gasteiger partial charge is 0.142 e. The van der Waals surface area contributed by atoms with Crippen molar-refractivity contribution in [2.24, 2.45) is 0 Å². The molecule has 0 aliphatic rings. The van der Waals surface area contributed by atoms with Crippen molar-refractivity contribution in [3.05, 3.63) is 94.3 Å². The van der Waals surface area contributed by atoms with Crippen molar-refractivity contribution >= 4 is 23.0 Å². The van der Waals surface area contributed by atoms with Gasteiger partial charge in [0.25, 0.3) is 0 Å². The topological polar surface area (TPSA) is 33.3 Å². The molecule has 0 heterocycles. The molecule has 0 saturated carbocycles. The third-order valence-electron chi connectivity index (χ3n) is 4.72. The van der Waals surface area contributed by atoms with Crippen LogP contribution in [0.4, 0.5) is 15.8 Å². The molecule has 0 fully saturated rings. The van der Waals surface area contributed by atoms with E-state index in [0.29, 0.717) is 13.2 Å². The first-order chi connectivity index (χ1) is 14.0. The number of benzene rings is 3. The zero-order valence-electron chi connectivity index (χ0n) is 16.7. The molecule has 0 aromatic heterocycles. The number of methoxy groups -OCH3 is 1. The number of aryl methyl sites for hydroxylation is 1. The lowest BCUT2D eigenvalue weighted by atomic mass is 10.0. The monoisotopic (exact) mass is 412 g/mol. The van der Waals surface area contributed by atoms with Gasteiger partial charge in [-0.15, -0.1) is 0 Å². The zero-order chi connectivity index (χ0) is 20.6. The summed E-state index contributed by atoms with van der Waals surface area (Å²) in [5, 5.41) is 7.10. The maximum Gasteiger partial charge on any atom is 0.142 e. The van der Waals surface area contributed by atoms with Gasteiger partial charge in [0.2, 0.25) is 0 Å². The van der Waals surface area contributed by atoms with E-state index in [2.05, 4.69) is 41.8 Å². The van der Waals surface area contributed by atoms with Crippen LogP contribution in [0.15, 0.2) is 66.7 Å². The third kappa shape index (κ3) is 6.21. The summed E-state index contributed by atoms with van der Waals surface area (Å²) in [6, 6.07) is 21.5. The molecule has 3 nitrogen and oxygen atoms in total. The number of rotatable bonds is 9. The molecule has 3 aromatic rings. The lowest BCUT2D eigenvalue weighted by Gasteiger charge is -2.22. The molecule has 0 unspecified atom stereocenters. The lowest BCUT2D eigenvalue weighted by molar-refractivity contribution is 0.185. The molecule has 29 heavy (non-hydrogen) atoms. The van der Waals surface area contributed by atoms with Gasteiger partial charge in [-0.3, -0.25) is 0 Å². The Kier molecular flexibility index (Phi) is 7.50. The maximum absolute atomic E-state index is 13.7. The molecule has 0 aliphatic carbocycles. The molecule has 0 radical (unpaired) electrons. The number of halogens is 2. The number of para-hydroxylation sites is 2. The maximum atomic E-state index is 13.7. The minimum absolute atomic E-state index is 0.124. The standard InChI is InChI=1S/C24H26ClFN2O/c1-17-7-9-18(10-8-17)13-20(16-29-2)28-24-6-4-3-5-23(24)27-15-19-11-12-21(25)22(26)14-19/h3-12,14,20,27-28H,13,15-16H2,1-2H3/t20-/m0/s1. The van der Waals surface area contributed by atoms with Crippen molar-refractivity contribution in [2.75, 3.05) is 24.4 Å². The molecule has 0 amide bonds. The van der Waals surface area contributed by atoms with Gasteiger partial charge in [0.15, 0.2) is 0 Å². The first-order valence-corrected chi connectivity index (χ1v) is 10.0. The average molecular weight is 413 g/mol. The summed E-state index contributed by atoms with van der Waals surface area (Å²) >= 11 is 5.77. The van der Waals surface area contributed by atoms with E-state index in [-0.39, 0.29) is 11.1 Å². The van der Waals surface area contributed by atoms with Crippen LogP contribution in [0.25, 0.3) is 0 Å². The van der Waals surface area contributed by atoms with Gasteiger partial charge < -0.3 is 15.4 Å². The van der Waals surface area contributed by atoms with E-state index in [1.807, 2.05) is 30.3 Å². The second kappa shape index (κ2) is 10.3. The molecule has 5 heteroatoms. The van der Waals surface area contributed by atoms with E-state index in [0.717, 1.165) is 23.4 Å². The Balaban J connectivity index is 1.70. The van der Waals surface area contributed by atoms with E-state index in [1.165, 1.54) is 17.2 Å². The highest BCUT2D eigenvalue weighted by Crippen LogP contribution is 2.24. The number of nitrogens with one attached hydrogen (secondary N) is 2. The van der Waals surface area contributed by atoms with Crippen molar-refractivity contribution in [1.29, 1.82) is 0 Å². The van der Waals surface area contributed by atoms with Crippen LogP contribution in [-0.2, 0) is 17.7 Å². The summed E-state index contributed by atoms with van der Waals surface area (Å²) in [5.41, 5.74) is 5.27. The van der Waals surface area contributed by atoms with Gasteiger partial charge in [-0.2, -0.15) is 0 Å². The van der Waals surface area contributed by atoms with Crippen LogP contribution in [0.1, 0.15) is 16.7 Å². The first kappa shape index (κ1) is 21.2. The fourth-order valence-corrected chi connectivity index (χ4v) is 3.31. The van der Waals surface area contributed by atoms with Crippen molar-refractivity contribution in [1.82, 2.24) is 0 Å². The fourth-order valence-electron chi connectivity index (χ4n) is 3.19. The minimum Gasteiger partial charge on any atom is -0.383 e. The van der Waals surface area contributed by atoms with Gasteiger partial charge in [0.05, 0.1) is 29.0 Å². The Hall–Kier alpha value is -2.56. The molecule has 3 aromatic carbocycles. The largest absolute Gasteiger partial charge is 0.383 e. The highest BCUT2D eigenvalue weighted by molar-refractivity contribution is 6.30. The van der Waals surface area contributed by atoms with Crippen LogP contribution in [0.5, 0.6) is 0 Å². The van der Waals surface area contributed by atoms with Crippen molar-refractivity contribution in [3.8, 4) is 0 Å². The van der Waals surface area contributed by atoms with Gasteiger partial charge in [-0.1, -0.05) is 59.6 Å². The van der Waals surface area contributed by atoms with Crippen LogP contribution in [0, 0.1) is 12.7 Å². The van der Waals surface area contributed by atoms with Gasteiger partial charge >= 0.3 is 0 Å². The van der Waals surface area contributed by atoms with Crippen molar-refractivity contribution in [2.45, 2.75) is 25.9 Å². The van der Waals surface area contributed by atoms with E-state index in [4.69, 9.17) is 16.3 Å². The van der Waals surface area contributed by atoms with E-state index >= 15 is 0 Å². The third-order valence-corrected chi connectivity index (χ3v) is 5.03. The van der Waals surface area contributed by atoms with E-state index in [1.54, 1.807) is 13.2 Å². The van der Waals surface area contributed by atoms with Crippen molar-refractivity contribution in [3.63, 3.8) is 0 Å². The molecular weight excluding hydrogens is 387 g/mol. The van der Waals surface area contributed by atoms with Crippen molar-refractivity contribution < 1.29 is 9.13 Å². The number of hydrogen-bond donors (Lipinski definition) is 2. The second-order valence-corrected chi connectivity index (χ2v) is 7.54. The van der Waals surface area contributed by atoms with Gasteiger partial charge in [-0.25, -0.2) is 4.39 Å². The summed E-state index contributed by atoms with van der Waals surface area (Å²) in [4.78, 5) is 0. The molecule has 0 saturated heterocycles. The van der Waals surface area contributed by atoms with Gasteiger partial charge in [-0.05, 0) is 48.7 Å². The SMILES string of the molecule is COC[C@H](Cc1ccc(C)cc1)Nc1ccccc1NCc1ccc(Cl)c(F)c1. The minimum atomic E-state index is -0.407. The summed E-state index contributed by atoms with van der Waals surface area (Å²) in [6.07, 6.45) is 0.852. The Labute approximate surface area is 176 Å². The number of anilines is 2. The molecule has 2 N–H and O–H groups in total. The molecule has 0 aliphatic heterocycles. The van der Waals surface area contributed by atoms with E-state index in [9.17, 15) is 4.39 Å². The quantitative estimate of drug-likeness (QED) is 0.447. The molecule has 1 atom stereocenters. The highest BCUT2D eigenvalue weighted by Gasteiger charge is 2.12. The predicted octanol–water partition coefficient (Wildman–Crippen LogP) is 6.07. The predicted molar refractivity (Wildman–Crippen MR) is 119 cm³/mol. The first-order valence-electron chi connectivity index (χ1n) is 9.63. The second-order valence-electron chi connectivity index (χ2n) is 7.13. The van der Waals surface area contributed by atoms with E-state index < -0.39 is 5.82 Å². The lowest BCUT2D eigenvalue weighted by Crippen LogP contribution is -2.28. The van der Waals surface area contributed by atoms with Crippen LogP contribution in [0.3, 0.4) is 0 Å². The molecule has 3 rings (SSSR count). The van der Waals surface area contributed by atoms with Crippen LogP contribution in [0.2, 0.25) is 5.02 Å². The number of ether oxygens (including phenoxy) is 1. The van der Waals surface area contributed by atoms with Crippen LogP contribution in [-0.4, -0.2) is 19.8 Å². The summed E-state index contributed by atoms with van der Waals surface area (Å²) < 4.78 is 19.1. The number of hydrogen-bond acceptors (Lipinski definition) is 3. The molecule has 0 spiro atoms. The van der Waals surface area contributed by atoms with Crippen LogP contribution >= 0.6 is 11.6 Å². The summed E-state index contributed by atoms with van der Waals surface area (Å²) in [6.45, 7) is 3.17. The normalized spacial score (nSPS) is 11.9. The van der Waals surface area contributed by atoms with Crippen LogP contribution < -0.4 is 10.6 Å². The summed E-state index contributed by atoms with van der Waals surface area (Å²) in [7, 11) is 1.71. The summed E-state index contributed by atoms with van der Waals surface area (Å²) in [5.74, 6) is -0.407. The van der Waals surface area contributed by atoms with Gasteiger partial charge in [0, 0.05) is 13.7 Å². The Morgan fingerprint density at radius 2 is 1.66 bits per heavy atom. The average Bonchev–Trinajstić information content (AvgIpc) is 2.72. The Morgan fingerprint density at radius 1 is 0.966 bits per heavy atom. The van der Waals surface area contributed by atoms with Gasteiger partial charge in [0.1, 0.15) is 5.82 Å². The Morgan fingerprint density at radius 3 is 2.34 bits per heavy atom. The molecular formula is C24H26ClFN2O. The highest BCUT2D eigenvalue weighted by atomic mass is 35.5. The molecule has 0 bridgehead atoms.